The monoisotopic (exact) mass is 238 g/mol. The van der Waals surface area contributed by atoms with Gasteiger partial charge in [0.15, 0.2) is 11.6 Å². The highest BCUT2D eigenvalue weighted by molar-refractivity contribution is 5.76. The third-order valence-electron chi connectivity index (χ3n) is 2.47. The fourth-order valence-electron chi connectivity index (χ4n) is 1.58. The van der Waals surface area contributed by atoms with E-state index < -0.39 is 11.6 Å². The van der Waals surface area contributed by atoms with Crippen LogP contribution in [0, 0.1) is 11.6 Å². The average molecular weight is 238 g/mol. The van der Waals surface area contributed by atoms with E-state index in [1.54, 1.807) is 14.1 Å². The second-order valence-corrected chi connectivity index (χ2v) is 3.88. The zero-order valence-corrected chi connectivity index (χ0v) is 9.46. The van der Waals surface area contributed by atoms with E-state index in [2.05, 4.69) is 10.2 Å². The number of benzene rings is 1. The molecule has 4 nitrogen and oxygen atoms in total. The van der Waals surface area contributed by atoms with Crippen molar-refractivity contribution < 1.29 is 8.78 Å². The van der Waals surface area contributed by atoms with Crippen LogP contribution in [-0.4, -0.2) is 24.3 Å². The highest BCUT2D eigenvalue weighted by atomic mass is 19.2. The first-order valence-corrected chi connectivity index (χ1v) is 4.96. The molecule has 2 aromatic rings. The van der Waals surface area contributed by atoms with E-state index in [1.807, 2.05) is 0 Å². The lowest BCUT2D eigenvalue weighted by molar-refractivity contribution is 0.509. The van der Waals surface area contributed by atoms with Gasteiger partial charge in [0, 0.05) is 19.7 Å². The summed E-state index contributed by atoms with van der Waals surface area (Å²) in [6.07, 6.45) is 1.47. The maximum absolute atomic E-state index is 13.5. The number of nitrogens with one attached hydrogen (secondary N) is 1. The predicted molar refractivity (Wildman–Crippen MR) is 62.7 cm³/mol. The number of nitrogens with zero attached hydrogens (tertiary/aromatic N) is 2. The molecule has 1 aromatic carbocycles. The van der Waals surface area contributed by atoms with Crippen LogP contribution in [0.5, 0.6) is 0 Å². The zero-order valence-electron chi connectivity index (χ0n) is 9.46. The summed E-state index contributed by atoms with van der Waals surface area (Å²) in [5.41, 5.74) is 6.84. The summed E-state index contributed by atoms with van der Waals surface area (Å²) in [5.74, 6) is -1.46. The molecule has 6 heteroatoms. The van der Waals surface area contributed by atoms with Crippen molar-refractivity contribution in [2.75, 3.05) is 24.7 Å². The Kier molecular flexibility index (Phi) is 2.71. The summed E-state index contributed by atoms with van der Waals surface area (Å²) in [5, 5.41) is 6.29. The van der Waals surface area contributed by atoms with Gasteiger partial charge in [-0.05, 0) is 17.7 Å². The van der Waals surface area contributed by atoms with Gasteiger partial charge in [-0.15, -0.1) is 0 Å². The third-order valence-corrected chi connectivity index (χ3v) is 2.47. The van der Waals surface area contributed by atoms with Gasteiger partial charge < -0.3 is 10.6 Å². The van der Waals surface area contributed by atoms with E-state index >= 15 is 0 Å². The molecular weight excluding hydrogens is 226 g/mol. The Labute approximate surface area is 97.0 Å². The Morgan fingerprint density at radius 1 is 1.29 bits per heavy atom. The van der Waals surface area contributed by atoms with Crippen LogP contribution in [0.4, 0.5) is 20.3 Å². The van der Waals surface area contributed by atoms with Gasteiger partial charge in [-0.2, -0.15) is 5.10 Å². The van der Waals surface area contributed by atoms with Gasteiger partial charge in [-0.1, -0.05) is 0 Å². The van der Waals surface area contributed by atoms with Gasteiger partial charge in [0.25, 0.3) is 0 Å². The molecule has 2 rings (SSSR count). The molecule has 1 heterocycles. The molecule has 0 aliphatic heterocycles. The number of hydrogen-bond acceptors (Lipinski definition) is 3. The molecule has 0 aliphatic carbocycles. The third kappa shape index (κ3) is 1.93. The Balaban J connectivity index is 2.61. The van der Waals surface area contributed by atoms with Crippen molar-refractivity contribution in [3.05, 3.63) is 30.0 Å². The highest BCUT2D eigenvalue weighted by Crippen LogP contribution is 2.30. The standard InChI is InChI=1S/C11H12F2N4/c1-17(2)9-4-6(3-8(12)10(9)13)7-5-15-16-11(7)14/h3-5H,1-2H3,(H3,14,15,16). The van der Waals surface area contributed by atoms with Crippen LogP contribution in [-0.2, 0) is 0 Å². The smallest absolute Gasteiger partial charge is 0.182 e. The normalized spacial score (nSPS) is 10.6. The molecule has 0 saturated heterocycles. The summed E-state index contributed by atoms with van der Waals surface area (Å²) < 4.78 is 27.0. The van der Waals surface area contributed by atoms with E-state index in [0.29, 0.717) is 16.9 Å². The molecular formula is C11H12F2N4. The Hall–Kier alpha value is -2.11. The van der Waals surface area contributed by atoms with Crippen molar-refractivity contribution in [1.29, 1.82) is 0 Å². The highest BCUT2D eigenvalue weighted by Gasteiger charge is 2.15. The van der Waals surface area contributed by atoms with Crippen molar-refractivity contribution in [2.24, 2.45) is 0 Å². The first-order valence-electron chi connectivity index (χ1n) is 4.96. The van der Waals surface area contributed by atoms with Crippen LogP contribution in [0.2, 0.25) is 0 Å². The fraction of sp³-hybridized carbons (Fsp3) is 0.182. The van der Waals surface area contributed by atoms with Crippen molar-refractivity contribution >= 4 is 11.5 Å². The second kappa shape index (κ2) is 4.04. The van der Waals surface area contributed by atoms with Gasteiger partial charge in [0.2, 0.25) is 0 Å². The van der Waals surface area contributed by atoms with Crippen molar-refractivity contribution in [2.45, 2.75) is 0 Å². The molecule has 1 aromatic heterocycles. The number of hydrogen-bond donors (Lipinski definition) is 2. The quantitative estimate of drug-likeness (QED) is 0.841. The van der Waals surface area contributed by atoms with E-state index in [1.165, 1.54) is 17.2 Å². The first-order chi connectivity index (χ1) is 8.00. The summed E-state index contributed by atoms with van der Waals surface area (Å²) >= 11 is 0. The molecule has 0 atom stereocenters. The molecule has 0 radical (unpaired) electrons. The first kappa shape index (κ1) is 11.4. The lowest BCUT2D eigenvalue weighted by atomic mass is 10.1. The van der Waals surface area contributed by atoms with Crippen LogP contribution < -0.4 is 10.6 Å². The Morgan fingerprint density at radius 2 is 2.00 bits per heavy atom. The fourth-order valence-corrected chi connectivity index (χ4v) is 1.58. The van der Waals surface area contributed by atoms with Crippen molar-refractivity contribution in [1.82, 2.24) is 10.2 Å². The molecule has 0 saturated carbocycles. The minimum absolute atomic E-state index is 0.167. The van der Waals surface area contributed by atoms with E-state index in [4.69, 9.17) is 5.73 Å². The van der Waals surface area contributed by atoms with Crippen molar-refractivity contribution in [3.8, 4) is 11.1 Å². The van der Waals surface area contributed by atoms with E-state index in [-0.39, 0.29) is 5.69 Å². The van der Waals surface area contributed by atoms with E-state index in [0.717, 1.165) is 6.07 Å². The number of halogens is 2. The average Bonchev–Trinajstić information content (AvgIpc) is 2.68. The maximum atomic E-state index is 13.5. The van der Waals surface area contributed by atoms with Crippen LogP contribution >= 0.6 is 0 Å². The van der Waals surface area contributed by atoms with E-state index in [9.17, 15) is 8.78 Å². The Morgan fingerprint density at radius 3 is 2.53 bits per heavy atom. The Bertz CT molecular complexity index is 548. The van der Waals surface area contributed by atoms with Gasteiger partial charge in [-0.25, -0.2) is 8.78 Å². The SMILES string of the molecule is CN(C)c1cc(-c2cn[nH]c2N)cc(F)c1F. The number of rotatable bonds is 2. The summed E-state index contributed by atoms with van der Waals surface area (Å²) in [7, 11) is 3.28. The van der Waals surface area contributed by atoms with Gasteiger partial charge in [0.1, 0.15) is 5.82 Å². The van der Waals surface area contributed by atoms with Gasteiger partial charge in [-0.3, -0.25) is 5.10 Å². The second-order valence-electron chi connectivity index (χ2n) is 3.88. The number of H-pyrrole nitrogens is 1. The van der Waals surface area contributed by atoms with Crippen LogP contribution in [0.25, 0.3) is 11.1 Å². The lowest BCUT2D eigenvalue weighted by Crippen LogP contribution is -2.11. The molecule has 0 bridgehead atoms. The number of anilines is 2. The van der Waals surface area contributed by atoms with Crippen LogP contribution in [0.3, 0.4) is 0 Å². The summed E-state index contributed by atoms with van der Waals surface area (Å²) in [6, 6.07) is 2.63. The predicted octanol–water partition coefficient (Wildman–Crippen LogP) is 2.00. The number of nitrogen functional groups attached to an aromatic ring is 1. The number of aromatic amines is 1. The molecule has 0 unspecified atom stereocenters. The molecule has 0 amide bonds. The zero-order chi connectivity index (χ0) is 12.6. The number of aromatic nitrogens is 2. The van der Waals surface area contributed by atoms with Crippen LogP contribution in [0.1, 0.15) is 0 Å². The summed E-state index contributed by atoms with van der Waals surface area (Å²) in [4.78, 5) is 1.50. The lowest BCUT2D eigenvalue weighted by Gasteiger charge is -2.15. The minimum Gasteiger partial charge on any atom is -0.384 e. The van der Waals surface area contributed by atoms with Gasteiger partial charge in [0.05, 0.1) is 11.9 Å². The van der Waals surface area contributed by atoms with Crippen molar-refractivity contribution in [3.63, 3.8) is 0 Å². The molecule has 0 fully saturated rings. The molecule has 0 aliphatic rings. The topological polar surface area (TPSA) is 57.9 Å². The summed E-state index contributed by atoms with van der Waals surface area (Å²) in [6.45, 7) is 0. The molecule has 0 spiro atoms. The molecule has 3 N–H and O–H groups in total. The van der Waals surface area contributed by atoms with Crippen LogP contribution in [0.15, 0.2) is 18.3 Å². The minimum atomic E-state index is -0.910. The molecule has 17 heavy (non-hydrogen) atoms. The molecule has 90 valence electrons. The van der Waals surface area contributed by atoms with Gasteiger partial charge >= 0.3 is 0 Å². The maximum Gasteiger partial charge on any atom is 0.182 e. The number of nitrogens with two attached hydrogens (primary N) is 1. The largest absolute Gasteiger partial charge is 0.384 e.